The summed E-state index contributed by atoms with van der Waals surface area (Å²) in [4.78, 5) is 14.7. The zero-order valence-corrected chi connectivity index (χ0v) is 12.4. The van der Waals surface area contributed by atoms with E-state index >= 15 is 0 Å². The molecule has 0 saturated heterocycles. The van der Waals surface area contributed by atoms with Gasteiger partial charge in [-0.3, -0.25) is 4.79 Å². The van der Waals surface area contributed by atoms with E-state index in [0.717, 1.165) is 24.9 Å². The van der Waals surface area contributed by atoms with Crippen LogP contribution in [0.15, 0.2) is 42.5 Å². The lowest BCUT2D eigenvalue weighted by Gasteiger charge is -2.23. The highest BCUT2D eigenvalue weighted by Crippen LogP contribution is 2.29. The first kappa shape index (κ1) is 14.0. The highest BCUT2D eigenvalue weighted by atomic mass is 35.5. The van der Waals surface area contributed by atoms with Crippen LogP contribution >= 0.6 is 11.6 Å². The van der Waals surface area contributed by atoms with Gasteiger partial charge in [0.25, 0.3) is 5.91 Å². The van der Waals surface area contributed by atoms with E-state index in [2.05, 4.69) is 6.07 Å². The summed E-state index contributed by atoms with van der Waals surface area (Å²) < 4.78 is 0. The van der Waals surface area contributed by atoms with Gasteiger partial charge >= 0.3 is 0 Å². The molecule has 1 heterocycles. The van der Waals surface area contributed by atoms with Gasteiger partial charge in [0.1, 0.15) is 0 Å². The second-order valence-corrected chi connectivity index (χ2v) is 5.71. The monoisotopic (exact) mass is 300 g/mol. The van der Waals surface area contributed by atoms with Crippen LogP contribution in [0.2, 0.25) is 5.02 Å². The van der Waals surface area contributed by atoms with Crippen molar-refractivity contribution in [2.45, 2.75) is 19.3 Å². The van der Waals surface area contributed by atoms with Crippen LogP contribution < -0.4 is 10.6 Å². The fourth-order valence-corrected chi connectivity index (χ4v) is 2.93. The van der Waals surface area contributed by atoms with E-state index in [0.29, 0.717) is 22.8 Å². The fourth-order valence-electron chi connectivity index (χ4n) is 2.76. The van der Waals surface area contributed by atoms with E-state index in [4.69, 9.17) is 17.3 Å². The van der Waals surface area contributed by atoms with Crippen molar-refractivity contribution >= 4 is 28.9 Å². The van der Waals surface area contributed by atoms with Crippen molar-refractivity contribution in [1.82, 2.24) is 0 Å². The highest BCUT2D eigenvalue weighted by Gasteiger charge is 2.23. The second kappa shape index (κ2) is 5.78. The van der Waals surface area contributed by atoms with Crippen molar-refractivity contribution in [3.63, 3.8) is 0 Å². The lowest BCUT2D eigenvalue weighted by molar-refractivity contribution is 0.0988. The number of rotatable bonds is 1. The minimum Gasteiger partial charge on any atom is -0.398 e. The molecule has 0 aliphatic carbocycles. The van der Waals surface area contributed by atoms with Crippen LogP contribution in [-0.2, 0) is 6.42 Å². The summed E-state index contributed by atoms with van der Waals surface area (Å²) in [6.07, 6.45) is 3.08. The average Bonchev–Trinajstić information content (AvgIpc) is 2.71. The molecule has 0 atom stereocenters. The molecule has 4 heteroatoms. The third-order valence-corrected chi connectivity index (χ3v) is 4.09. The molecule has 0 radical (unpaired) electrons. The van der Waals surface area contributed by atoms with E-state index in [-0.39, 0.29) is 5.91 Å². The highest BCUT2D eigenvalue weighted by molar-refractivity contribution is 6.31. The third-order valence-electron chi connectivity index (χ3n) is 3.85. The number of nitrogen functional groups attached to an aromatic ring is 1. The van der Waals surface area contributed by atoms with Crippen LogP contribution in [0.5, 0.6) is 0 Å². The van der Waals surface area contributed by atoms with E-state index in [1.54, 1.807) is 18.2 Å². The number of carbonyl (C=O) groups is 1. The van der Waals surface area contributed by atoms with Gasteiger partial charge in [-0.05, 0) is 49.1 Å². The number of fused-ring (bicyclic) bond motifs is 1. The molecule has 0 spiro atoms. The molecule has 0 aromatic heterocycles. The Kier molecular flexibility index (Phi) is 3.84. The SMILES string of the molecule is Nc1ccc(Cl)cc1C(=O)N1CCCCc2ccccc21. The van der Waals surface area contributed by atoms with Gasteiger partial charge in [-0.2, -0.15) is 0 Å². The summed E-state index contributed by atoms with van der Waals surface area (Å²) in [5, 5.41) is 0.524. The second-order valence-electron chi connectivity index (χ2n) is 5.27. The summed E-state index contributed by atoms with van der Waals surface area (Å²) in [6, 6.07) is 13.1. The number of carbonyl (C=O) groups excluding carboxylic acids is 1. The van der Waals surface area contributed by atoms with E-state index in [1.165, 1.54) is 5.56 Å². The summed E-state index contributed by atoms with van der Waals surface area (Å²) in [5.74, 6) is -0.0793. The Labute approximate surface area is 129 Å². The van der Waals surface area contributed by atoms with Crippen LogP contribution in [0.25, 0.3) is 0 Å². The molecule has 108 valence electrons. The van der Waals surface area contributed by atoms with Gasteiger partial charge in [0, 0.05) is 22.9 Å². The van der Waals surface area contributed by atoms with Gasteiger partial charge < -0.3 is 10.6 Å². The Hall–Kier alpha value is -2.00. The molecule has 1 aliphatic heterocycles. The Bertz CT molecular complexity index is 684. The first-order chi connectivity index (χ1) is 10.2. The number of benzene rings is 2. The molecular weight excluding hydrogens is 284 g/mol. The number of hydrogen-bond acceptors (Lipinski definition) is 2. The van der Waals surface area contributed by atoms with Gasteiger partial charge in [0.2, 0.25) is 0 Å². The van der Waals surface area contributed by atoms with Crippen molar-refractivity contribution in [3.05, 3.63) is 58.6 Å². The molecule has 1 amide bonds. The Morgan fingerprint density at radius 1 is 1.14 bits per heavy atom. The van der Waals surface area contributed by atoms with Crippen LogP contribution in [0, 0.1) is 0 Å². The number of nitrogens with zero attached hydrogens (tertiary/aromatic N) is 1. The molecule has 2 aromatic rings. The molecule has 0 bridgehead atoms. The first-order valence-corrected chi connectivity index (χ1v) is 7.49. The minimum absolute atomic E-state index is 0.0793. The predicted octanol–water partition coefficient (Wildman–Crippen LogP) is 3.91. The van der Waals surface area contributed by atoms with Gasteiger partial charge in [-0.1, -0.05) is 29.8 Å². The van der Waals surface area contributed by atoms with Crippen molar-refractivity contribution < 1.29 is 4.79 Å². The molecule has 2 aromatic carbocycles. The standard InChI is InChI=1S/C17H17ClN2O/c18-13-8-9-15(19)14(11-13)17(21)20-10-4-3-6-12-5-1-2-7-16(12)20/h1-2,5,7-9,11H,3-4,6,10,19H2. The Balaban J connectivity index is 2.03. The molecule has 21 heavy (non-hydrogen) atoms. The normalized spacial score (nSPS) is 14.4. The summed E-state index contributed by atoms with van der Waals surface area (Å²) in [5.41, 5.74) is 9.08. The van der Waals surface area contributed by atoms with Crippen LogP contribution in [0.1, 0.15) is 28.8 Å². The van der Waals surface area contributed by atoms with E-state index < -0.39 is 0 Å². The largest absolute Gasteiger partial charge is 0.398 e. The molecule has 0 fully saturated rings. The van der Waals surface area contributed by atoms with Gasteiger partial charge in [-0.25, -0.2) is 0 Å². The number of amides is 1. The molecule has 1 aliphatic rings. The van der Waals surface area contributed by atoms with E-state index in [1.807, 2.05) is 23.1 Å². The van der Waals surface area contributed by atoms with Crippen LogP contribution in [0.4, 0.5) is 11.4 Å². The lowest BCUT2D eigenvalue weighted by atomic mass is 10.1. The summed E-state index contributed by atoms with van der Waals surface area (Å²) >= 11 is 6.01. The van der Waals surface area contributed by atoms with E-state index in [9.17, 15) is 4.79 Å². The molecule has 3 rings (SSSR count). The maximum absolute atomic E-state index is 12.9. The van der Waals surface area contributed by atoms with Crippen LogP contribution in [0.3, 0.4) is 0 Å². The zero-order valence-electron chi connectivity index (χ0n) is 11.7. The maximum atomic E-state index is 12.9. The van der Waals surface area contributed by atoms with Crippen molar-refractivity contribution in [1.29, 1.82) is 0 Å². The quantitative estimate of drug-likeness (QED) is 0.812. The average molecular weight is 301 g/mol. The van der Waals surface area contributed by atoms with Crippen molar-refractivity contribution in [2.24, 2.45) is 0 Å². The Morgan fingerprint density at radius 2 is 1.95 bits per heavy atom. The maximum Gasteiger partial charge on any atom is 0.260 e. The number of para-hydroxylation sites is 1. The topological polar surface area (TPSA) is 46.3 Å². The Morgan fingerprint density at radius 3 is 2.81 bits per heavy atom. The van der Waals surface area contributed by atoms with Crippen molar-refractivity contribution in [3.8, 4) is 0 Å². The summed E-state index contributed by atoms with van der Waals surface area (Å²) in [7, 11) is 0. The number of hydrogen-bond donors (Lipinski definition) is 1. The fraction of sp³-hybridized carbons (Fsp3) is 0.235. The molecular formula is C17H17ClN2O. The lowest BCUT2D eigenvalue weighted by Crippen LogP contribution is -2.32. The van der Waals surface area contributed by atoms with Crippen LogP contribution in [-0.4, -0.2) is 12.5 Å². The molecule has 0 unspecified atom stereocenters. The first-order valence-electron chi connectivity index (χ1n) is 7.11. The van der Waals surface area contributed by atoms with Crippen molar-refractivity contribution in [2.75, 3.05) is 17.2 Å². The van der Waals surface area contributed by atoms with Gasteiger partial charge in [0.15, 0.2) is 0 Å². The molecule has 3 nitrogen and oxygen atoms in total. The predicted molar refractivity (Wildman–Crippen MR) is 86.9 cm³/mol. The number of aryl methyl sites for hydroxylation is 1. The molecule has 0 saturated carbocycles. The minimum atomic E-state index is -0.0793. The summed E-state index contributed by atoms with van der Waals surface area (Å²) in [6.45, 7) is 0.710. The molecule has 2 N–H and O–H groups in total. The zero-order chi connectivity index (χ0) is 14.8. The van der Waals surface area contributed by atoms with Gasteiger partial charge in [0.05, 0.1) is 5.56 Å². The number of anilines is 2. The van der Waals surface area contributed by atoms with Gasteiger partial charge in [-0.15, -0.1) is 0 Å². The smallest absolute Gasteiger partial charge is 0.260 e. The number of halogens is 1. The number of nitrogens with two attached hydrogens (primary N) is 1. The third kappa shape index (κ3) is 2.74.